The zero-order chi connectivity index (χ0) is 16.8. The Morgan fingerprint density at radius 2 is 1.62 bits per heavy atom. The van der Waals surface area contributed by atoms with Crippen LogP contribution >= 0.6 is 0 Å². The molecule has 0 aromatic heterocycles. The van der Waals surface area contributed by atoms with Gasteiger partial charge in [-0.3, -0.25) is 4.90 Å². The van der Waals surface area contributed by atoms with Crippen LogP contribution in [0.1, 0.15) is 57.1 Å². The van der Waals surface area contributed by atoms with Crippen molar-refractivity contribution in [2.24, 2.45) is 0 Å². The summed E-state index contributed by atoms with van der Waals surface area (Å²) < 4.78 is 0. The van der Waals surface area contributed by atoms with Crippen molar-refractivity contribution in [2.45, 2.75) is 57.5 Å². The number of amides is 2. The Morgan fingerprint density at radius 3 is 2.25 bits per heavy atom. The summed E-state index contributed by atoms with van der Waals surface area (Å²) in [7, 11) is 0. The van der Waals surface area contributed by atoms with E-state index in [0.717, 1.165) is 37.8 Å². The normalized spacial score (nSPS) is 22.0. The molecule has 0 radical (unpaired) electrons. The molecular formula is C20H31N3O. The number of urea groups is 1. The van der Waals surface area contributed by atoms with Gasteiger partial charge < -0.3 is 10.2 Å². The molecule has 1 saturated carbocycles. The average molecular weight is 329 g/mol. The Morgan fingerprint density at radius 1 is 1.00 bits per heavy atom. The van der Waals surface area contributed by atoms with Crippen molar-refractivity contribution in [2.75, 3.05) is 26.2 Å². The van der Waals surface area contributed by atoms with Crippen LogP contribution in [0.25, 0.3) is 0 Å². The maximum Gasteiger partial charge on any atom is 0.317 e. The van der Waals surface area contributed by atoms with Crippen LogP contribution in [0.2, 0.25) is 0 Å². The molecule has 3 rings (SSSR count). The number of hydrogen-bond acceptors (Lipinski definition) is 2. The first-order chi connectivity index (χ1) is 11.7. The van der Waals surface area contributed by atoms with Crippen LogP contribution in [0.4, 0.5) is 4.79 Å². The fourth-order valence-corrected chi connectivity index (χ4v) is 4.01. The van der Waals surface area contributed by atoms with Crippen LogP contribution in [0.15, 0.2) is 30.3 Å². The number of rotatable bonds is 3. The van der Waals surface area contributed by atoms with Crippen molar-refractivity contribution in [1.82, 2.24) is 15.1 Å². The van der Waals surface area contributed by atoms with Crippen LogP contribution in [0.5, 0.6) is 0 Å². The zero-order valence-corrected chi connectivity index (χ0v) is 14.9. The predicted molar refractivity (Wildman–Crippen MR) is 98.0 cm³/mol. The summed E-state index contributed by atoms with van der Waals surface area (Å²) in [6, 6.07) is 11.0. The van der Waals surface area contributed by atoms with Gasteiger partial charge in [0.25, 0.3) is 0 Å². The molecule has 4 heteroatoms. The van der Waals surface area contributed by atoms with Gasteiger partial charge in [-0.15, -0.1) is 0 Å². The molecule has 1 aromatic rings. The maximum atomic E-state index is 12.5. The van der Waals surface area contributed by atoms with Crippen molar-refractivity contribution in [3.63, 3.8) is 0 Å². The smallest absolute Gasteiger partial charge is 0.317 e. The Labute approximate surface area is 146 Å². The second kappa shape index (κ2) is 8.52. The molecule has 2 aliphatic rings. The van der Waals surface area contributed by atoms with Crippen molar-refractivity contribution >= 4 is 6.03 Å². The van der Waals surface area contributed by atoms with Crippen molar-refractivity contribution in [3.8, 4) is 0 Å². The Hall–Kier alpha value is -1.55. The van der Waals surface area contributed by atoms with Gasteiger partial charge >= 0.3 is 6.03 Å². The first kappa shape index (κ1) is 17.3. The van der Waals surface area contributed by atoms with E-state index < -0.39 is 0 Å². The van der Waals surface area contributed by atoms with Gasteiger partial charge in [0.15, 0.2) is 0 Å². The number of nitrogens with one attached hydrogen (secondary N) is 1. The molecule has 4 nitrogen and oxygen atoms in total. The summed E-state index contributed by atoms with van der Waals surface area (Å²) in [5.41, 5.74) is 1.16. The van der Waals surface area contributed by atoms with E-state index in [4.69, 9.17) is 0 Å². The molecule has 0 bridgehead atoms. The average Bonchev–Trinajstić information content (AvgIpc) is 2.92. The van der Waals surface area contributed by atoms with Crippen LogP contribution < -0.4 is 5.32 Å². The fraction of sp³-hybridized carbons (Fsp3) is 0.650. The third kappa shape index (κ3) is 4.50. The molecule has 1 aromatic carbocycles. The lowest BCUT2D eigenvalue weighted by Gasteiger charge is -2.39. The van der Waals surface area contributed by atoms with Gasteiger partial charge in [0.05, 0.1) is 6.04 Å². The molecule has 1 atom stereocenters. The van der Waals surface area contributed by atoms with Crippen LogP contribution in [-0.4, -0.2) is 48.1 Å². The van der Waals surface area contributed by atoms with E-state index in [0.29, 0.717) is 0 Å². The van der Waals surface area contributed by atoms with Crippen molar-refractivity contribution in [3.05, 3.63) is 35.9 Å². The van der Waals surface area contributed by atoms with Gasteiger partial charge in [0, 0.05) is 32.2 Å². The van der Waals surface area contributed by atoms with Gasteiger partial charge in [-0.05, 0) is 25.3 Å². The highest BCUT2D eigenvalue weighted by atomic mass is 16.2. The number of piperazine rings is 1. The molecule has 1 heterocycles. The highest BCUT2D eigenvalue weighted by Crippen LogP contribution is 2.23. The minimum atomic E-state index is 0.0542. The fourth-order valence-electron chi connectivity index (χ4n) is 4.01. The molecule has 1 aliphatic heterocycles. The third-order valence-electron chi connectivity index (χ3n) is 5.58. The quantitative estimate of drug-likeness (QED) is 0.856. The van der Waals surface area contributed by atoms with Gasteiger partial charge in [0.1, 0.15) is 0 Å². The maximum absolute atomic E-state index is 12.5. The van der Waals surface area contributed by atoms with E-state index in [1.807, 2.05) is 23.1 Å². The number of benzene rings is 1. The second-order valence-electron chi connectivity index (χ2n) is 7.25. The largest absolute Gasteiger partial charge is 0.331 e. The second-order valence-corrected chi connectivity index (χ2v) is 7.25. The number of nitrogens with zero attached hydrogens (tertiary/aromatic N) is 2. The topological polar surface area (TPSA) is 35.6 Å². The zero-order valence-electron chi connectivity index (χ0n) is 14.9. The van der Waals surface area contributed by atoms with Crippen molar-refractivity contribution in [1.29, 1.82) is 0 Å². The summed E-state index contributed by atoms with van der Waals surface area (Å²) in [6.07, 6.45) is 8.24. The Balaban J connectivity index is 1.46. The summed E-state index contributed by atoms with van der Waals surface area (Å²) >= 11 is 0. The SMILES string of the molecule is CC(NC(=O)N1CCN(C2CCCCCC2)CC1)c1ccccc1. The number of hydrogen-bond donors (Lipinski definition) is 1. The van der Waals surface area contributed by atoms with E-state index in [-0.39, 0.29) is 12.1 Å². The molecular weight excluding hydrogens is 298 g/mol. The van der Waals surface area contributed by atoms with Gasteiger partial charge in [-0.2, -0.15) is 0 Å². The molecule has 1 aliphatic carbocycles. The molecule has 2 fully saturated rings. The highest BCUT2D eigenvalue weighted by molar-refractivity contribution is 5.74. The molecule has 2 amide bonds. The Bertz CT molecular complexity index is 503. The monoisotopic (exact) mass is 329 g/mol. The molecule has 24 heavy (non-hydrogen) atoms. The van der Waals surface area contributed by atoms with E-state index in [1.165, 1.54) is 38.5 Å². The van der Waals surface area contributed by atoms with Gasteiger partial charge in [-0.1, -0.05) is 56.0 Å². The summed E-state index contributed by atoms with van der Waals surface area (Å²) in [4.78, 5) is 17.1. The Kier molecular flexibility index (Phi) is 6.13. The van der Waals surface area contributed by atoms with E-state index in [2.05, 4.69) is 29.3 Å². The summed E-state index contributed by atoms with van der Waals surface area (Å²) in [5.74, 6) is 0. The number of carbonyl (C=O) groups excluding carboxylic acids is 1. The van der Waals surface area contributed by atoms with Crippen LogP contribution in [-0.2, 0) is 0 Å². The molecule has 1 N–H and O–H groups in total. The summed E-state index contributed by atoms with van der Waals surface area (Å²) in [6.45, 7) is 5.80. The van der Waals surface area contributed by atoms with Gasteiger partial charge in [0.2, 0.25) is 0 Å². The minimum absolute atomic E-state index is 0.0542. The first-order valence-electron chi connectivity index (χ1n) is 9.58. The molecule has 0 spiro atoms. The highest BCUT2D eigenvalue weighted by Gasteiger charge is 2.27. The lowest BCUT2D eigenvalue weighted by Crippen LogP contribution is -2.54. The first-order valence-corrected chi connectivity index (χ1v) is 9.58. The van der Waals surface area contributed by atoms with E-state index in [1.54, 1.807) is 0 Å². The molecule has 1 unspecified atom stereocenters. The predicted octanol–water partition coefficient (Wildman–Crippen LogP) is 3.80. The van der Waals surface area contributed by atoms with Gasteiger partial charge in [-0.25, -0.2) is 4.79 Å². The van der Waals surface area contributed by atoms with E-state index >= 15 is 0 Å². The lowest BCUT2D eigenvalue weighted by molar-refractivity contribution is 0.0999. The number of carbonyl (C=O) groups is 1. The standard InChI is InChI=1S/C20H31N3O/c1-17(18-9-5-4-6-10-18)21-20(24)23-15-13-22(14-16-23)19-11-7-2-3-8-12-19/h4-6,9-10,17,19H,2-3,7-8,11-16H2,1H3,(H,21,24). The lowest BCUT2D eigenvalue weighted by atomic mass is 10.1. The molecule has 132 valence electrons. The van der Waals surface area contributed by atoms with Crippen LogP contribution in [0.3, 0.4) is 0 Å². The third-order valence-corrected chi connectivity index (χ3v) is 5.58. The summed E-state index contributed by atoms with van der Waals surface area (Å²) in [5, 5.41) is 3.14. The van der Waals surface area contributed by atoms with Crippen molar-refractivity contribution < 1.29 is 4.79 Å². The molecule has 1 saturated heterocycles. The minimum Gasteiger partial charge on any atom is -0.331 e. The van der Waals surface area contributed by atoms with E-state index in [9.17, 15) is 4.79 Å². The van der Waals surface area contributed by atoms with Crippen LogP contribution in [0, 0.1) is 0 Å².